The van der Waals surface area contributed by atoms with Crippen LogP contribution in [0.5, 0.6) is 0 Å². The van der Waals surface area contributed by atoms with E-state index >= 15 is 0 Å². The zero-order valence-corrected chi connectivity index (χ0v) is 18.3. The fourth-order valence-electron chi connectivity index (χ4n) is 3.67. The molecular formula is C20H23Cl2N3O3S. The molecule has 1 amide bonds. The van der Waals surface area contributed by atoms with Gasteiger partial charge in [-0.05, 0) is 55.7 Å². The first kappa shape index (κ1) is 22.2. The Labute approximate surface area is 182 Å². The van der Waals surface area contributed by atoms with Gasteiger partial charge in [-0.2, -0.15) is 0 Å². The van der Waals surface area contributed by atoms with E-state index in [9.17, 15) is 14.1 Å². The van der Waals surface area contributed by atoms with Gasteiger partial charge in [-0.15, -0.1) is 0 Å². The van der Waals surface area contributed by atoms with E-state index in [1.807, 2.05) is 0 Å². The molecule has 3 rings (SSSR count). The Morgan fingerprint density at radius 2 is 1.97 bits per heavy atom. The normalized spacial score (nSPS) is 21.4. The number of nitrogens with one attached hydrogen (secondary N) is 1. The highest BCUT2D eigenvalue weighted by Gasteiger charge is 2.28. The Bertz CT molecular complexity index is 887. The summed E-state index contributed by atoms with van der Waals surface area (Å²) in [5.41, 5.74) is 0.759. The number of hydrogen-bond donors (Lipinski definition) is 2. The van der Waals surface area contributed by atoms with Crippen molar-refractivity contribution in [3.8, 4) is 0 Å². The number of amides is 1. The number of carbonyl (C=O) groups excluding carboxylic acids is 1. The van der Waals surface area contributed by atoms with Gasteiger partial charge >= 0.3 is 0 Å². The first-order valence-corrected chi connectivity index (χ1v) is 11.7. The minimum absolute atomic E-state index is 0.214. The summed E-state index contributed by atoms with van der Waals surface area (Å²) in [5, 5.41) is 13.2. The highest BCUT2D eigenvalue weighted by molar-refractivity contribution is 7.84. The van der Waals surface area contributed by atoms with E-state index in [-0.39, 0.29) is 17.2 Å². The molecule has 6 nitrogen and oxygen atoms in total. The molecule has 0 aliphatic heterocycles. The summed E-state index contributed by atoms with van der Waals surface area (Å²) in [6, 6.07) is 5.23. The SMILES string of the molecule is CS(=O)c1ccc(C(CC2CCC(O)CC2)C(=O)Nc2cnc(Cl)cn2)cc1Cl. The molecular weight excluding hydrogens is 433 g/mol. The minimum Gasteiger partial charge on any atom is -0.393 e. The number of aliphatic hydroxyl groups excluding tert-OH is 1. The van der Waals surface area contributed by atoms with Crippen molar-refractivity contribution in [1.82, 2.24) is 9.97 Å². The molecule has 0 bridgehead atoms. The smallest absolute Gasteiger partial charge is 0.233 e. The van der Waals surface area contributed by atoms with Gasteiger partial charge in [0.05, 0.1) is 45.1 Å². The van der Waals surface area contributed by atoms with Crippen molar-refractivity contribution in [3.05, 3.63) is 46.3 Å². The number of nitrogens with zero attached hydrogens (tertiary/aromatic N) is 2. The predicted octanol–water partition coefficient (Wildman–Crippen LogP) is 4.18. The molecule has 1 saturated carbocycles. The number of carbonyl (C=O) groups is 1. The summed E-state index contributed by atoms with van der Waals surface area (Å²) >= 11 is 12.1. The fraction of sp³-hybridized carbons (Fsp3) is 0.450. The molecule has 1 heterocycles. The van der Waals surface area contributed by atoms with Crippen molar-refractivity contribution in [2.24, 2.45) is 5.92 Å². The standard InChI is InChI=1S/C20H23Cl2N3O3S/c1-29(28)17-7-4-13(9-16(17)21)15(8-12-2-5-14(26)6-3-12)20(27)25-19-11-23-18(22)10-24-19/h4,7,9-12,14-15,26H,2-3,5-6,8H2,1H3,(H,24,25,27). The first-order chi connectivity index (χ1) is 13.8. The molecule has 2 N–H and O–H groups in total. The van der Waals surface area contributed by atoms with Crippen LogP contribution < -0.4 is 5.32 Å². The third kappa shape index (κ3) is 5.98. The molecule has 1 fully saturated rings. The monoisotopic (exact) mass is 455 g/mol. The van der Waals surface area contributed by atoms with Crippen molar-refractivity contribution >= 4 is 45.7 Å². The summed E-state index contributed by atoms with van der Waals surface area (Å²) < 4.78 is 11.8. The van der Waals surface area contributed by atoms with Crippen LogP contribution in [-0.2, 0) is 15.6 Å². The molecule has 1 aliphatic rings. The number of anilines is 1. The Kier molecular flexibility index (Phi) is 7.62. The summed E-state index contributed by atoms with van der Waals surface area (Å²) in [7, 11) is -1.21. The van der Waals surface area contributed by atoms with Crippen LogP contribution in [0, 0.1) is 5.92 Å². The molecule has 9 heteroatoms. The third-order valence-corrected chi connectivity index (χ3v) is 6.84. The Balaban J connectivity index is 1.84. The number of aromatic nitrogens is 2. The van der Waals surface area contributed by atoms with E-state index in [1.54, 1.807) is 24.5 Å². The Hall–Kier alpha value is -1.54. The summed E-state index contributed by atoms with van der Waals surface area (Å²) in [5.74, 6) is -0.0243. The largest absolute Gasteiger partial charge is 0.393 e. The van der Waals surface area contributed by atoms with Crippen molar-refractivity contribution in [1.29, 1.82) is 0 Å². The molecule has 2 aromatic rings. The molecule has 2 unspecified atom stereocenters. The zero-order chi connectivity index (χ0) is 21.0. The zero-order valence-electron chi connectivity index (χ0n) is 16.0. The topological polar surface area (TPSA) is 92.2 Å². The lowest BCUT2D eigenvalue weighted by molar-refractivity contribution is -0.118. The maximum absolute atomic E-state index is 13.1. The van der Waals surface area contributed by atoms with Crippen LogP contribution in [0.25, 0.3) is 0 Å². The number of hydrogen-bond acceptors (Lipinski definition) is 5. The van der Waals surface area contributed by atoms with Gasteiger partial charge in [0.15, 0.2) is 5.82 Å². The summed E-state index contributed by atoms with van der Waals surface area (Å²) in [4.78, 5) is 21.7. The second-order valence-electron chi connectivity index (χ2n) is 7.32. The molecule has 2 atom stereocenters. The molecule has 1 aliphatic carbocycles. The quantitative estimate of drug-likeness (QED) is 0.680. The van der Waals surface area contributed by atoms with Crippen molar-refractivity contribution in [2.75, 3.05) is 11.6 Å². The summed E-state index contributed by atoms with van der Waals surface area (Å²) in [6.45, 7) is 0. The van der Waals surface area contributed by atoms with E-state index < -0.39 is 16.7 Å². The van der Waals surface area contributed by atoms with Crippen LogP contribution in [0.4, 0.5) is 5.82 Å². The molecule has 0 radical (unpaired) electrons. The fourth-order valence-corrected chi connectivity index (χ4v) is 4.87. The van der Waals surface area contributed by atoms with Gasteiger partial charge in [-0.1, -0.05) is 29.3 Å². The maximum Gasteiger partial charge on any atom is 0.233 e. The Morgan fingerprint density at radius 1 is 1.24 bits per heavy atom. The van der Waals surface area contributed by atoms with E-state index in [4.69, 9.17) is 23.2 Å². The van der Waals surface area contributed by atoms with E-state index in [1.165, 1.54) is 12.4 Å². The molecule has 156 valence electrons. The van der Waals surface area contributed by atoms with Gasteiger partial charge in [-0.25, -0.2) is 9.97 Å². The van der Waals surface area contributed by atoms with Crippen LogP contribution in [0.15, 0.2) is 35.5 Å². The maximum atomic E-state index is 13.1. The van der Waals surface area contributed by atoms with Crippen LogP contribution in [0.1, 0.15) is 43.6 Å². The number of aliphatic hydroxyl groups is 1. The molecule has 0 spiro atoms. The van der Waals surface area contributed by atoms with E-state index in [2.05, 4.69) is 15.3 Å². The minimum atomic E-state index is -1.21. The Morgan fingerprint density at radius 3 is 2.55 bits per heavy atom. The lowest BCUT2D eigenvalue weighted by Gasteiger charge is -2.28. The van der Waals surface area contributed by atoms with Gasteiger partial charge in [0.2, 0.25) is 5.91 Å². The van der Waals surface area contributed by atoms with E-state index in [0.29, 0.717) is 28.1 Å². The average molecular weight is 456 g/mol. The lowest BCUT2D eigenvalue weighted by atomic mass is 9.79. The van der Waals surface area contributed by atoms with Crippen LogP contribution in [0.3, 0.4) is 0 Å². The van der Waals surface area contributed by atoms with Crippen LogP contribution in [-0.4, -0.2) is 37.6 Å². The lowest BCUT2D eigenvalue weighted by Crippen LogP contribution is -2.26. The van der Waals surface area contributed by atoms with Crippen LogP contribution >= 0.6 is 23.2 Å². The van der Waals surface area contributed by atoms with Gasteiger partial charge < -0.3 is 10.4 Å². The van der Waals surface area contributed by atoms with Crippen LogP contribution in [0.2, 0.25) is 10.2 Å². The van der Waals surface area contributed by atoms with Gasteiger partial charge in [0.25, 0.3) is 0 Å². The van der Waals surface area contributed by atoms with E-state index in [0.717, 1.165) is 31.2 Å². The molecule has 1 aromatic carbocycles. The van der Waals surface area contributed by atoms with Gasteiger partial charge in [0, 0.05) is 6.26 Å². The summed E-state index contributed by atoms with van der Waals surface area (Å²) in [6.07, 6.45) is 7.96. The molecule has 29 heavy (non-hydrogen) atoms. The van der Waals surface area contributed by atoms with Gasteiger partial charge in [0.1, 0.15) is 5.15 Å². The van der Waals surface area contributed by atoms with Crippen molar-refractivity contribution in [3.63, 3.8) is 0 Å². The molecule has 1 aromatic heterocycles. The average Bonchev–Trinajstić information content (AvgIpc) is 2.69. The van der Waals surface area contributed by atoms with Gasteiger partial charge in [-0.3, -0.25) is 9.00 Å². The first-order valence-electron chi connectivity index (χ1n) is 9.43. The predicted molar refractivity (Wildman–Crippen MR) is 115 cm³/mol. The second-order valence-corrected chi connectivity index (χ2v) is 9.46. The number of benzene rings is 1. The highest BCUT2D eigenvalue weighted by Crippen LogP contribution is 2.35. The third-order valence-electron chi connectivity index (χ3n) is 5.24. The number of rotatable bonds is 6. The highest BCUT2D eigenvalue weighted by atomic mass is 35.5. The van der Waals surface area contributed by atoms with Crippen molar-refractivity contribution < 1.29 is 14.1 Å². The number of halogens is 2. The molecule has 0 saturated heterocycles. The van der Waals surface area contributed by atoms with Crippen molar-refractivity contribution in [2.45, 2.75) is 49.0 Å². The second kappa shape index (κ2) is 9.98.